The molecule has 0 saturated carbocycles. The zero-order chi connectivity index (χ0) is 25.0. The molecule has 33 heavy (non-hydrogen) atoms. The molecule has 0 unspecified atom stereocenters. The van der Waals surface area contributed by atoms with Crippen LogP contribution in [0.15, 0.2) is 52.3 Å². The van der Waals surface area contributed by atoms with Crippen LogP contribution >= 0.6 is 0 Å². The molecule has 0 aliphatic heterocycles. The molecule has 182 valence electrons. The Morgan fingerprint density at radius 3 is 1.94 bits per heavy atom. The fourth-order valence-electron chi connectivity index (χ4n) is 3.02. The first-order valence-electron chi connectivity index (χ1n) is 10.5. The smallest absolute Gasteiger partial charge is 0.255 e. The average molecular weight is 498 g/mol. The van der Waals surface area contributed by atoms with E-state index < -0.39 is 26.0 Å². The zero-order valence-electron chi connectivity index (χ0n) is 19.7. The van der Waals surface area contributed by atoms with Crippen molar-refractivity contribution >= 4 is 31.6 Å². The van der Waals surface area contributed by atoms with Crippen LogP contribution in [0.4, 0.5) is 5.69 Å². The fraction of sp³-hybridized carbons (Fsp3) is 0.409. The molecule has 0 aliphatic rings. The van der Waals surface area contributed by atoms with Crippen LogP contribution in [-0.4, -0.2) is 64.6 Å². The van der Waals surface area contributed by atoms with Crippen LogP contribution in [0.25, 0.3) is 0 Å². The van der Waals surface area contributed by atoms with Crippen molar-refractivity contribution in [3.05, 3.63) is 48.0 Å². The maximum absolute atomic E-state index is 12.9. The summed E-state index contributed by atoms with van der Waals surface area (Å²) < 4.78 is 58.5. The summed E-state index contributed by atoms with van der Waals surface area (Å²) in [7, 11) is -4.52. The molecule has 11 heteroatoms. The van der Waals surface area contributed by atoms with Gasteiger partial charge in [0.15, 0.2) is 0 Å². The number of carbonyl (C=O) groups excluding carboxylic acids is 1. The molecule has 0 atom stereocenters. The molecule has 0 aliphatic carbocycles. The Kier molecular flexibility index (Phi) is 8.63. The van der Waals surface area contributed by atoms with Crippen LogP contribution in [-0.2, 0) is 20.0 Å². The minimum atomic E-state index is -3.74. The molecule has 2 aromatic carbocycles. The average Bonchev–Trinajstić information content (AvgIpc) is 2.75. The van der Waals surface area contributed by atoms with Crippen LogP contribution in [0.2, 0.25) is 0 Å². The van der Waals surface area contributed by atoms with Crippen molar-refractivity contribution in [1.29, 1.82) is 0 Å². The highest BCUT2D eigenvalue weighted by atomic mass is 32.2. The third-order valence-electron chi connectivity index (χ3n) is 4.80. The monoisotopic (exact) mass is 497 g/mol. The van der Waals surface area contributed by atoms with Gasteiger partial charge in [-0.1, -0.05) is 13.8 Å². The van der Waals surface area contributed by atoms with Gasteiger partial charge in [0.1, 0.15) is 5.75 Å². The molecule has 0 fully saturated rings. The number of anilines is 1. The van der Waals surface area contributed by atoms with E-state index in [1.54, 1.807) is 13.8 Å². The van der Waals surface area contributed by atoms with Crippen LogP contribution < -0.4 is 10.1 Å². The molecule has 0 heterocycles. The number of benzene rings is 2. The maximum Gasteiger partial charge on any atom is 0.255 e. The van der Waals surface area contributed by atoms with Gasteiger partial charge in [-0.25, -0.2) is 21.1 Å². The minimum absolute atomic E-state index is 0.0324. The van der Waals surface area contributed by atoms with Crippen molar-refractivity contribution in [2.24, 2.45) is 0 Å². The van der Waals surface area contributed by atoms with Gasteiger partial charge in [0.2, 0.25) is 20.0 Å². The van der Waals surface area contributed by atoms with Gasteiger partial charge in [0, 0.05) is 32.7 Å². The van der Waals surface area contributed by atoms with E-state index in [9.17, 15) is 21.6 Å². The van der Waals surface area contributed by atoms with E-state index in [0.717, 1.165) is 4.31 Å². The first kappa shape index (κ1) is 26.8. The van der Waals surface area contributed by atoms with Crippen molar-refractivity contribution in [2.75, 3.05) is 32.5 Å². The molecule has 0 saturated heterocycles. The van der Waals surface area contributed by atoms with Crippen LogP contribution in [0.1, 0.15) is 38.1 Å². The Bertz CT molecular complexity index is 1190. The van der Waals surface area contributed by atoms with E-state index in [1.165, 1.54) is 60.9 Å². The Morgan fingerprint density at radius 2 is 1.45 bits per heavy atom. The Morgan fingerprint density at radius 1 is 0.909 bits per heavy atom. The molecule has 1 N–H and O–H groups in total. The van der Waals surface area contributed by atoms with Gasteiger partial charge in [0.25, 0.3) is 5.91 Å². The number of ether oxygens (including phenoxy) is 1. The lowest BCUT2D eigenvalue weighted by Gasteiger charge is -2.20. The van der Waals surface area contributed by atoms with E-state index in [4.69, 9.17) is 4.74 Å². The SMILES string of the molecule is CCN(CC)S(=O)(=O)c1ccc(OC(C)C)c(NC(=O)c2ccc(S(=O)(=O)N(C)C)cc2)c1. The molecule has 0 radical (unpaired) electrons. The highest BCUT2D eigenvalue weighted by Gasteiger charge is 2.24. The van der Waals surface area contributed by atoms with Gasteiger partial charge in [-0.2, -0.15) is 4.31 Å². The summed E-state index contributed by atoms with van der Waals surface area (Å²) in [6.45, 7) is 7.76. The number of nitrogens with one attached hydrogen (secondary N) is 1. The predicted molar refractivity (Wildman–Crippen MR) is 128 cm³/mol. The fourth-order valence-corrected chi connectivity index (χ4v) is 5.41. The number of nitrogens with zero attached hydrogens (tertiary/aromatic N) is 2. The number of amides is 1. The number of hydrogen-bond acceptors (Lipinski definition) is 6. The van der Waals surface area contributed by atoms with Gasteiger partial charge in [-0.3, -0.25) is 4.79 Å². The maximum atomic E-state index is 12.9. The summed E-state index contributed by atoms with van der Waals surface area (Å²) in [5, 5.41) is 2.69. The molecule has 0 bridgehead atoms. The largest absolute Gasteiger partial charge is 0.489 e. The standard InChI is InChI=1S/C22H31N3O6S2/c1-7-25(8-2)33(29,30)19-13-14-21(31-16(3)4)20(15-19)23-22(26)17-9-11-18(12-10-17)32(27,28)24(5)6/h9-16H,7-8H2,1-6H3,(H,23,26). The summed E-state index contributed by atoms with van der Waals surface area (Å²) in [6.07, 6.45) is -0.207. The topological polar surface area (TPSA) is 113 Å². The van der Waals surface area contributed by atoms with Crippen LogP contribution in [0, 0.1) is 0 Å². The molecule has 9 nitrogen and oxygen atoms in total. The zero-order valence-corrected chi connectivity index (χ0v) is 21.3. The normalized spacial score (nSPS) is 12.4. The third-order valence-corrected chi connectivity index (χ3v) is 8.68. The number of hydrogen-bond donors (Lipinski definition) is 1. The van der Waals surface area contributed by atoms with Crippen molar-refractivity contribution in [3.8, 4) is 5.75 Å². The summed E-state index contributed by atoms with van der Waals surface area (Å²) in [4.78, 5) is 13.0. The summed E-state index contributed by atoms with van der Waals surface area (Å²) in [5.41, 5.74) is 0.409. The molecule has 0 aromatic heterocycles. The van der Waals surface area contributed by atoms with Gasteiger partial charge in [0.05, 0.1) is 21.6 Å². The minimum Gasteiger partial charge on any atom is -0.489 e. The van der Waals surface area contributed by atoms with E-state index in [0.29, 0.717) is 18.8 Å². The molecular formula is C22H31N3O6S2. The van der Waals surface area contributed by atoms with Crippen molar-refractivity contribution in [1.82, 2.24) is 8.61 Å². The molecule has 2 aromatic rings. The van der Waals surface area contributed by atoms with Crippen molar-refractivity contribution in [2.45, 2.75) is 43.6 Å². The molecule has 1 amide bonds. The quantitative estimate of drug-likeness (QED) is 0.540. The lowest BCUT2D eigenvalue weighted by molar-refractivity contribution is 0.102. The lowest BCUT2D eigenvalue weighted by Crippen LogP contribution is -2.30. The highest BCUT2D eigenvalue weighted by molar-refractivity contribution is 7.89. The predicted octanol–water partition coefficient (Wildman–Crippen LogP) is 3.01. The second-order valence-electron chi connectivity index (χ2n) is 7.68. The molecule has 2 rings (SSSR count). The molecule has 0 spiro atoms. The Hall–Kier alpha value is -2.47. The van der Waals surface area contributed by atoms with E-state index in [2.05, 4.69) is 5.32 Å². The molecular weight excluding hydrogens is 466 g/mol. The third kappa shape index (κ3) is 6.11. The Balaban J connectivity index is 2.42. The van der Waals surface area contributed by atoms with Crippen LogP contribution in [0.3, 0.4) is 0 Å². The lowest BCUT2D eigenvalue weighted by atomic mass is 10.2. The number of carbonyl (C=O) groups is 1. The van der Waals surface area contributed by atoms with E-state index >= 15 is 0 Å². The number of rotatable bonds is 10. The first-order valence-corrected chi connectivity index (χ1v) is 13.4. The first-order chi connectivity index (χ1) is 15.3. The van der Waals surface area contributed by atoms with Crippen LogP contribution in [0.5, 0.6) is 5.75 Å². The van der Waals surface area contributed by atoms with Gasteiger partial charge in [-0.05, 0) is 56.3 Å². The summed E-state index contributed by atoms with van der Waals surface area (Å²) in [5.74, 6) is -0.210. The van der Waals surface area contributed by atoms with Gasteiger partial charge in [-0.15, -0.1) is 0 Å². The Labute approximate surface area is 196 Å². The van der Waals surface area contributed by atoms with Crippen molar-refractivity contribution < 1.29 is 26.4 Å². The summed E-state index contributed by atoms with van der Waals surface area (Å²) >= 11 is 0. The summed E-state index contributed by atoms with van der Waals surface area (Å²) in [6, 6.07) is 9.80. The number of sulfonamides is 2. The van der Waals surface area contributed by atoms with Gasteiger partial charge >= 0.3 is 0 Å². The van der Waals surface area contributed by atoms with Gasteiger partial charge < -0.3 is 10.1 Å². The van der Waals surface area contributed by atoms with E-state index in [1.807, 2.05) is 13.8 Å². The van der Waals surface area contributed by atoms with E-state index in [-0.39, 0.29) is 27.1 Å². The van der Waals surface area contributed by atoms with Crippen molar-refractivity contribution in [3.63, 3.8) is 0 Å². The second-order valence-corrected chi connectivity index (χ2v) is 11.8. The second kappa shape index (κ2) is 10.6. The highest BCUT2D eigenvalue weighted by Crippen LogP contribution is 2.30.